The number of rotatable bonds is 6. The highest BCUT2D eigenvalue weighted by Crippen LogP contribution is 2.31. The summed E-state index contributed by atoms with van der Waals surface area (Å²) in [4.78, 5) is 12.3. The van der Waals surface area contributed by atoms with Crippen LogP contribution < -0.4 is 5.73 Å². The molecule has 2 aromatic heterocycles. The second kappa shape index (κ2) is 8.83. The first-order valence-corrected chi connectivity index (χ1v) is 9.37. The second-order valence-corrected chi connectivity index (χ2v) is 6.64. The molecule has 0 radical (unpaired) electrons. The third-order valence-corrected chi connectivity index (χ3v) is 4.55. The van der Waals surface area contributed by atoms with Gasteiger partial charge in [-0.2, -0.15) is 0 Å². The molecule has 8 heteroatoms. The normalized spacial score (nSPS) is 12.6. The highest BCUT2D eigenvalue weighted by molar-refractivity contribution is 6.21. The molecule has 156 valence electrons. The first kappa shape index (κ1) is 20.3. The highest BCUT2D eigenvalue weighted by Gasteiger charge is 2.17. The van der Waals surface area contributed by atoms with Gasteiger partial charge in [-0.05, 0) is 35.9 Å². The molecule has 0 atom stereocenters. The molecule has 0 saturated carbocycles. The molecule has 5 nitrogen and oxygen atoms in total. The fourth-order valence-corrected chi connectivity index (χ4v) is 3.08. The van der Waals surface area contributed by atoms with Crippen molar-refractivity contribution in [3.05, 3.63) is 84.1 Å². The molecule has 2 aromatic carbocycles. The molecule has 0 aliphatic rings. The zero-order chi connectivity index (χ0) is 21.8. The van der Waals surface area contributed by atoms with Crippen LogP contribution in [0, 0.1) is 5.82 Å². The fraction of sp³-hybridized carbons (Fsp3) is 0.0870. The van der Waals surface area contributed by atoms with Gasteiger partial charge >= 0.3 is 0 Å². The van der Waals surface area contributed by atoms with Crippen molar-refractivity contribution in [3.8, 4) is 11.3 Å². The predicted molar refractivity (Wildman–Crippen MR) is 114 cm³/mol. The van der Waals surface area contributed by atoms with Gasteiger partial charge in [-0.1, -0.05) is 30.3 Å². The minimum absolute atomic E-state index is 0.209. The summed E-state index contributed by atoms with van der Waals surface area (Å²) in [5.41, 5.74) is 8.88. The maximum Gasteiger partial charge on any atom is 0.257 e. The lowest BCUT2D eigenvalue weighted by Crippen LogP contribution is -2.06. The molecule has 2 heterocycles. The van der Waals surface area contributed by atoms with Crippen LogP contribution in [0.2, 0.25) is 0 Å². The quantitative estimate of drug-likeness (QED) is 0.434. The molecular formula is C23H17F3N4O. The summed E-state index contributed by atoms with van der Waals surface area (Å²) in [6.07, 6.45) is -0.0509. The average Bonchev–Trinajstić information content (AvgIpc) is 3.22. The summed E-state index contributed by atoms with van der Waals surface area (Å²) in [5, 5.41) is 0.546. The lowest BCUT2D eigenvalue weighted by atomic mass is 10.0. The summed E-state index contributed by atoms with van der Waals surface area (Å²) < 4.78 is 44.5. The van der Waals surface area contributed by atoms with Gasteiger partial charge in [0.2, 0.25) is 5.71 Å². The van der Waals surface area contributed by atoms with Crippen LogP contribution in [-0.2, 0) is 0 Å². The van der Waals surface area contributed by atoms with Gasteiger partial charge in [-0.3, -0.25) is 4.99 Å². The second-order valence-electron chi connectivity index (χ2n) is 6.64. The molecule has 0 amide bonds. The van der Waals surface area contributed by atoms with Crippen LogP contribution in [-0.4, -0.2) is 29.2 Å². The standard InChI is InChI=1S/C23H17F3N4O/c24-16-8-6-15(7-9-16)21(27)18(11-28-12-20(25)26)22-17-10-19(14-4-2-1-3-5-14)31-23(17)30-13-29-22/h1-11,13,20H,12,27H2/b21-18+,28-11?. The maximum absolute atomic E-state index is 13.3. The zero-order valence-electron chi connectivity index (χ0n) is 16.2. The van der Waals surface area contributed by atoms with Crippen molar-refractivity contribution in [2.75, 3.05) is 6.54 Å². The number of aliphatic imine (C=N–C) groups is 1. The molecule has 0 unspecified atom stereocenters. The van der Waals surface area contributed by atoms with E-state index in [2.05, 4.69) is 15.0 Å². The topological polar surface area (TPSA) is 77.3 Å². The summed E-state index contributed by atoms with van der Waals surface area (Å²) >= 11 is 0. The number of nitrogens with zero attached hydrogens (tertiary/aromatic N) is 3. The number of benzene rings is 2. The Morgan fingerprint density at radius 1 is 1.06 bits per heavy atom. The highest BCUT2D eigenvalue weighted by atomic mass is 19.3. The number of furan rings is 1. The maximum atomic E-state index is 13.3. The van der Waals surface area contributed by atoms with Gasteiger partial charge in [-0.25, -0.2) is 23.1 Å². The van der Waals surface area contributed by atoms with Crippen LogP contribution in [0.15, 0.2) is 76.4 Å². The third-order valence-electron chi connectivity index (χ3n) is 4.55. The van der Waals surface area contributed by atoms with Crippen molar-refractivity contribution in [3.63, 3.8) is 0 Å². The van der Waals surface area contributed by atoms with Gasteiger partial charge in [0.05, 0.1) is 17.6 Å². The van der Waals surface area contributed by atoms with Crippen molar-refractivity contribution < 1.29 is 17.6 Å². The van der Waals surface area contributed by atoms with Crippen LogP contribution in [0.1, 0.15) is 11.3 Å². The predicted octanol–water partition coefficient (Wildman–Crippen LogP) is 5.19. The Bertz CT molecular complexity index is 1250. The van der Waals surface area contributed by atoms with E-state index in [1.165, 1.54) is 36.8 Å². The Hall–Kier alpha value is -3.94. The van der Waals surface area contributed by atoms with Gasteiger partial charge in [0, 0.05) is 23.0 Å². The van der Waals surface area contributed by atoms with E-state index in [-0.39, 0.29) is 5.70 Å². The summed E-state index contributed by atoms with van der Waals surface area (Å²) in [6, 6.07) is 16.7. The SMILES string of the molecule is N/C(=C(\C=NCC(F)F)c1ncnc2oc(-c3ccccc3)cc12)c1ccc(F)cc1. The van der Waals surface area contributed by atoms with Gasteiger partial charge in [0.25, 0.3) is 6.43 Å². The summed E-state index contributed by atoms with van der Waals surface area (Å²) in [5.74, 6) is 0.151. The number of allylic oxidation sites excluding steroid dienone is 1. The van der Waals surface area contributed by atoms with Gasteiger partial charge in [0.1, 0.15) is 17.9 Å². The van der Waals surface area contributed by atoms with E-state index in [9.17, 15) is 13.2 Å². The van der Waals surface area contributed by atoms with Crippen LogP contribution in [0.3, 0.4) is 0 Å². The fourth-order valence-electron chi connectivity index (χ4n) is 3.08. The smallest absolute Gasteiger partial charge is 0.257 e. The van der Waals surface area contributed by atoms with Crippen molar-refractivity contribution in [1.82, 2.24) is 9.97 Å². The third kappa shape index (κ3) is 4.48. The van der Waals surface area contributed by atoms with E-state index in [0.29, 0.717) is 33.7 Å². The molecular weight excluding hydrogens is 405 g/mol. The van der Waals surface area contributed by atoms with Crippen molar-refractivity contribution in [1.29, 1.82) is 0 Å². The average molecular weight is 422 g/mol. The van der Waals surface area contributed by atoms with E-state index in [4.69, 9.17) is 10.2 Å². The summed E-state index contributed by atoms with van der Waals surface area (Å²) in [7, 11) is 0. The number of halogens is 3. The Balaban J connectivity index is 1.88. The molecule has 4 aromatic rings. The van der Waals surface area contributed by atoms with Gasteiger partial charge < -0.3 is 10.2 Å². The molecule has 0 aliphatic heterocycles. The number of aromatic nitrogens is 2. The largest absolute Gasteiger partial charge is 0.438 e. The Morgan fingerprint density at radius 3 is 2.52 bits per heavy atom. The molecule has 0 aliphatic carbocycles. The van der Waals surface area contributed by atoms with Crippen molar-refractivity contribution in [2.24, 2.45) is 10.7 Å². The molecule has 0 saturated heterocycles. The summed E-state index contributed by atoms with van der Waals surface area (Å²) in [6.45, 7) is -0.685. The minimum atomic E-state index is -2.60. The molecule has 0 bridgehead atoms. The number of hydrogen-bond donors (Lipinski definition) is 1. The van der Waals surface area contributed by atoms with Crippen molar-refractivity contribution >= 4 is 28.6 Å². The van der Waals surface area contributed by atoms with Gasteiger partial charge in [-0.15, -0.1) is 0 Å². The first-order valence-electron chi connectivity index (χ1n) is 9.37. The number of hydrogen-bond acceptors (Lipinski definition) is 5. The molecule has 31 heavy (non-hydrogen) atoms. The number of alkyl halides is 2. The van der Waals surface area contributed by atoms with Crippen LogP contribution in [0.5, 0.6) is 0 Å². The Kier molecular flexibility index (Phi) is 5.79. The minimum Gasteiger partial charge on any atom is -0.438 e. The van der Waals surface area contributed by atoms with Crippen LogP contribution in [0.25, 0.3) is 33.7 Å². The van der Waals surface area contributed by atoms with E-state index in [0.717, 1.165) is 5.56 Å². The van der Waals surface area contributed by atoms with Gasteiger partial charge in [0.15, 0.2) is 0 Å². The van der Waals surface area contributed by atoms with Crippen LogP contribution in [0.4, 0.5) is 13.2 Å². The first-order chi connectivity index (χ1) is 15.0. The molecule has 2 N–H and O–H groups in total. The Morgan fingerprint density at radius 2 is 1.81 bits per heavy atom. The van der Waals surface area contributed by atoms with Crippen molar-refractivity contribution in [2.45, 2.75) is 6.43 Å². The lowest BCUT2D eigenvalue weighted by Gasteiger charge is -2.09. The monoisotopic (exact) mass is 422 g/mol. The van der Waals surface area contributed by atoms with E-state index in [1.54, 1.807) is 6.07 Å². The van der Waals surface area contributed by atoms with E-state index in [1.807, 2.05) is 30.3 Å². The molecule has 0 spiro atoms. The van der Waals surface area contributed by atoms with Crippen LogP contribution >= 0.6 is 0 Å². The lowest BCUT2D eigenvalue weighted by molar-refractivity contribution is 0.159. The van der Waals surface area contributed by atoms with E-state index >= 15 is 0 Å². The number of nitrogens with two attached hydrogens (primary N) is 1. The molecule has 4 rings (SSSR count). The Labute approximate surface area is 175 Å². The number of fused-ring (bicyclic) bond motifs is 1. The zero-order valence-corrected chi connectivity index (χ0v) is 16.2. The molecule has 0 fully saturated rings. The van der Waals surface area contributed by atoms with E-state index < -0.39 is 18.8 Å².